The van der Waals surface area contributed by atoms with E-state index in [-0.39, 0.29) is 0 Å². The van der Waals surface area contributed by atoms with Gasteiger partial charge in [0.05, 0.1) is 0 Å². The van der Waals surface area contributed by atoms with E-state index in [0.717, 1.165) is 5.92 Å². The molecule has 1 heteroatoms. The van der Waals surface area contributed by atoms with Crippen LogP contribution in [0, 0.1) is 0 Å². The molecule has 0 spiro atoms. The summed E-state index contributed by atoms with van der Waals surface area (Å²) in [5.74, 6) is 0.722. The second-order valence-corrected chi connectivity index (χ2v) is 4.61. The standard InChI is InChI=1S/C11H11.Zr/c1-2-9-7-8-10-5-3-4-6-11(9)10;/h3-6,8-9H,2H2,1H3;. The van der Waals surface area contributed by atoms with Crippen LogP contribution in [0.2, 0.25) is 0 Å². The Morgan fingerprint density at radius 1 is 1.33 bits per heavy atom. The molecule has 0 N–H and O–H groups in total. The Morgan fingerprint density at radius 3 is 2.83 bits per heavy atom. The molecule has 1 aliphatic carbocycles. The van der Waals surface area contributed by atoms with Crippen LogP contribution in [-0.4, -0.2) is 0 Å². The summed E-state index contributed by atoms with van der Waals surface area (Å²) in [5, 5.41) is 0. The zero-order valence-electron chi connectivity index (χ0n) is 7.17. The van der Waals surface area contributed by atoms with E-state index in [4.69, 9.17) is 0 Å². The van der Waals surface area contributed by atoms with Gasteiger partial charge in [-0.05, 0) is 0 Å². The molecular weight excluding hydrogens is 223 g/mol. The number of benzene rings is 1. The molecule has 0 heterocycles. The number of rotatable bonds is 1. The van der Waals surface area contributed by atoms with Gasteiger partial charge in [0.1, 0.15) is 0 Å². The van der Waals surface area contributed by atoms with Crippen LogP contribution in [0.15, 0.2) is 27.5 Å². The predicted molar refractivity (Wildman–Crippen MR) is 47.5 cm³/mol. The molecule has 1 aromatic rings. The van der Waals surface area contributed by atoms with Crippen LogP contribution in [0.1, 0.15) is 30.4 Å². The Balaban J connectivity index is 2.50. The molecule has 0 fully saturated rings. The molecule has 0 amide bonds. The van der Waals surface area contributed by atoms with Crippen molar-refractivity contribution < 1.29 is 24.7 Å². The van der Waals surface area contributed by atoms with Gasteiger partial charge in [-0.25, -0.2) is 0 Å². The van der Waals surface area contributed by atoms with Crippen molar-refractivity contribution in [1.29, 1.82) is 0 Å². The fourth-order valence-electron chi connectivity index (χ4n) is 1.84. The fourth-order valence-corrected chi connectivity index (χ4v) is 3.10. The van der Waals surface area contributed by atoms with Crippen LogP contribution in [0.4, 0.5) is 0 Å². The molecule has 0 bridgehead atoms. The van der Waals surface area contributed by atoms with Gasteiger partial charge in [0, 0.05) is 0 Å². The molecule has 12 heavy (non-hydrogen) atoms. The monoisotopic (exact) mass is 233 g/mol. The van der Waals surface area contributed by atoms with Crippen molar-refractivity contribution in [3.8, 4) is 0 Å². The first-order valence-electron chi connectivity index (χ1n) is 4.35. The van der Waals surface area contributed by atoms with E-state index in [1.165, 1.54) is 17.5 Å². The second kappa shape index (κ2) is 3.30. The molecule has 2 rings (SSSR count). The second-order valence-electron chi connectivity index (χ2n) is 3.19. The predicted octanol–water partition coefficient (Wildman–Crippen LogP) is 3.08. The molecule has 0 saturated heterocycles. The number of hydrogen-bond donors (Lipinski definition) is 0. The average Bonchev–Trinajstić information content (AvgIpc) is 2.40. The minimum atomic E-state index is 0.722. The molecule has 0 nitrogen and oxygen atoms in total. The van der Waals surface area contributed by atoms with Gasteiger partial charge in [-0.1, -0.05) is 0 Å². The number of fused-ring (bicyclic) bond motifs is 1. The van der Waals surface area contributed by atoms with Crippen LogP contribution < -0.4 is 0 Å². The minimum absolute atomic E-state index is 0.722. The van der Waals surface area contributed by atoms with Gasteiger partial charge in [0.25, 0.3) is 0 Å². The van der Waals surface area contributed by atoms with Crippen molar-refractivity contribution >= 4 is 6.08 Å². The van der Waals surface area contributed by atoms with Gasteiger partial charge in [0.2, 0.25) is 0 Å². The number of allylic oxidation sites excluding steroid dienone is 1. The molecule has 0 saturated carbocycles. The van der Waals surface area contributed by atoms with Crippen LogP contribution in [0.25, 0.3) is 6.08 Å². The van der Waals surface area contributed by atoms with E-state index < -0.39 is 0 Å². The van der Waals surface area contributed by atoms with Gasteiger partial charge < -0.3 is 0 Å². The van der Waals surface area contributed by atoms with Gasteiger partial charge in [0.15, 0.2) is 0 Å². The van der Waals surface area contributed by atoms with Crippen LogP contribution >= 0.6 is 0 Å². The van der Waals surface area contributed by atoms with E-state index in [9.17, 15) is 0 Å². The summed E-state index contributed by atoms with van der Waals surface area (Å²) in [6.07, 6.45) is 3.59. The van der Waals surface area contributed by atoms with Crippen LogP contribution in [-0.2, 0) is 24.7 Å². The molecular formula is C11H11Zr. The summed E-state index contributed by atoms with van der Waals surface area (Å²) < 4.78 is 1.60. The maximum atomic E-state index is 2.35. The third kappa shape index (κ3) is 1.25. The van der Waals surface area contributed by atoms with E-state index in [2.05, 4.69) is 37.3 Å². The fraction of sp³-hybridized carbons (Fsp3) is 0.273. The summed E-state index contributed by atoms with van der Waals surface area (Å²) in [4.78, 5) is 0. The van der Waals surface area contributed by atoms with Crippen molar-refractivity contribution in [1.82, 2.24) is 0 Å². The first-order valence-corrected chi connectivity index (χ1v) is 5.58. The normalized spacial score (nSPS) is 20.3. The third-order valence-electron chi connectivity index (χ3n) is 2.47. The molecule has 1 aliphatic rings. The van der Waals surface area contributed by atoms with E-state index in [0.29, 0.717) is 0 Å². The first-order chi connectivity index (χ1) is 5.83. The van der Waals surface area contributed by atoms with Crippen molar-refractivity contribution in [2.24, 2.45) is 0 Å². The molecule has 1 unspecified atom stereocenters. The van der Waals surface area contributed by atoms with Crippen molar-refractivity contribution in [2.75, 3.05) is 0 Å². The quantitative estimate of drug-likeness (QED) is 0.700. The first kappa shape index (κ1) is 8.44. The van der Waals surface area contributed by atoms with E-state index in [1.54, 1.807) is 28.0 Å². The van der Waals surface area contributed by atoms with E-state index in [1.807, 2.05) is 0 Å². The molecule has 1 atom stereocenters. The molecule has 1 aromatic carbocycles. The van der Waals surface area contributed by atoms with Crippen molar-refractivity contribution in [2.45, 2.75) is 19.3 Å². The topological polar surface area (TPSA) is 0 Å². The SMILES string of the molecule is CCC1[C]([Zr])=Cc2ccccc21. The van der Waals surface area contributed by atoms with Crippen molar-refractivity contribution in [3.63, 3.8) is 0 Å². The number of hydrogen-bond acceptors (Lipinski definition) is 0. The summed E-state index contributed by atoms with van der Waals surface area (Å²) in [6.45, 7) is 2.27. The Kier molecular flexibility index (Phi) is 2.32. The zero-order chi connectivity index (χ0) is 8.55. The average molecular weight is 234 g/mol. The summed E-state index contributed by atoms with van der Waals surface area (Å²) in [7, 11) is 0. The zero-order valence-corrected chi connectivity index (χ0v) is 9.63. The Hall–Kier alpha value is -0.157. The van der Waals surface area contributed by atoms with Crippen molar-refractivity contribution in [3.05, 3.63) is 38.7 Å². The van der Waals surface area contributed by atoms with Gasteiger partial charge in [-0.2, -0.15) is 0 Å². The summed E-state index contributed by atoms with van der Waals surface area (Å²) in [5.41, 5.74) is 2.97. The maximum absolute atomic E-state index is 2.35. The third-order valence-corrected chi connectivity index (χ3v) is 3.68. The van der Waals surface area contributed by atoms with Gasteiger partial charge in [-0.15, -0.1) is 0 Å². The Labute approximate surface area is 88.5 Å². The molecule has 0 radical (unpaired) electrons. The summed E-state index contributed by atoms with van der Waals surface area (Å²) in [6, 6.07) is 8.74. The van der Waals surface area contributed by atoms with Gasteiger partial charge in [-0.3, -0.25) is 0 Å². The molecule has 0 aliphatic heterocycles. The van der Waals surface area contributed by atoms with Crippen LogP contribution in [0.3, 0.4) is 0 Å². The Morgan fingerprint density at radius 2 is 2.08 bits per heavy atom. The van der Waals surface area contributed by atoms with Crippen LogP contribution in [0.5, 0.6) is 0 Å². The van der Waals surface area contributed by atoms with Gasteiger partial charge >= 0.3 is 88.7 Å². The molecule has 59 valence electrons. The summed E-state index contributed by atoms with van der Waals surface area (Å²) >= 11 is 1.57. The Bertz CT molecular complexity index is 326. The van der Waals surface area contributed by atoms with E-state index >= 15 is 0 Å². The molecule has 0 aromatic heterocycles.